The molecule has 2 aliphatic rings. The zero-order valence-electron chi connectivity index (χ0n) is 14.3. The molecule has 0 aliphatic carbocycles. The van der Waals surface area contributed by atoms with E-state index >= 15 is 0 Å². The summed E-state index contributed by atoms with van der Waals surface area (Å²) in [5, 5.41) is 2.70. The number of nitrogens with zero attached hydrogens (tertiary/aromatic N) is 1. The topological polar surface area (TPSA) is 82.7 Å². The fraction of sp³-hybridized carbons (Fsp3) is 0.529. The Morgan fingerprint density at radius 1 is 1.19 bits per heavy atom. The number of rotatable bonds is 4. The zero-order chi connectivity index (χ0) is 18.5. The molecule has 2 unspecified atom stereocenters. The van der Waals surface area contributed by atoms with Crippen LogP contribution in [-0.4, -0.2) is 44.3 Å². The SMILES string of the molecule is O=C(NCC1CCN(c2ccc(F)c(F)c2)C1)NNC(=O)C1CCCO1. The average Bonchev–Trinajstić information content (AvgIpc) is 3.32. The summed E-state index contributed by atoms with van der Waals surface area (Å²) >= 11 is 0. The molecule has 0 bridgehead atoms. The fourth-order valence-electron chi connectivity index (χ4n) is 3.18. The summed E-state index contributed by atoms with van der Waals surface area (Å²) in [5.41, 5.74) is 5.26. The largest absolute Gasteiger partial charge is 0.371 e. The second-order valence-corrected chi connectivity index (χ2v) is 6.53. The van der Waals surface area contributed by atoms with Crippen molar-refractivity contribution in [2.45, 2.75) is 25.4 Å². The molecule has 2 heterocycles. The van der Waals surface area contributed by atoms with Crippen LogP contribution in [0.5, 0.6) is 0 Å². The van der Waals surface area contributed by atoms with Gasteiger partial charge in [-0.2, -0.15) is 0 Å². The third kappa shape index (κ3) is 4.60. The average molecular weight is 368 g/mol. The van der Waals surface area contributed by atoms with Crippen molar-refractivity contribution in [2.75, 3.05) is 31.1 Å². The maximum Gasteiger partial charge on any atom is 0.333 e. The van der Waals surface area contributed by atoms with Crippen LogP contribution in [-0.2, 0) is 9.53 Å². The van der Waals surface area contributed by atoms with Crippen molar-refractivity contribution in [3.05, 3.63) is 29.8 Å². The summed E-state index contributed by atoms with van der Waals surface area (Å²) < 4.78 is 31.6. The lowest BCUT2D eigenvalue weighted by Crippen LogP contribution is -2.50. The second-order valence-electron chi connectivity index (χ2n) is 6.53. The van der Waals surface area contributed by atoms with Crippen LogP contribution in [0.15, 0.2) is 18.2 Å². The van der Waals surface area contributed by atoms with Crippen molar-refractivity contribution < 1.29 is 23.1 Å². The molecule has 0 aromatic heterocycles. The summed E-state index contributed by atoms with van der Waals surface area (Å²) in [7, 11) is 0. The molecule has 0 radical (unpaired) electrons. The molecule has 2 atom stereocenters. The maximum atomic E-state index is 13.3. The monoisotopic (exact) mass is 368 g/mol. The Kier molecular flexibility index (Phi) is 5.87. The van der Waals surface area contributed by atoms with Crippen molar-refractivity contribution in [1.82, 2.24) is 16.2 Å². The van der Waals surface area contributed by atoms with Gasteiger partial charge in [-0.25, -0.2) is 19.0 Å². The van der Waals surface area contributed by atoms with Gasteiger partial charge >= 0.3 is 6.03 Å². The number of hydrazine groups is 1. The van der Waals surface area contributed by atoms with Crippen LogP contribution in [0.2, 0.25) is 0 Å². The van der Waals surface area contributed by atoms with Crippen molar-refractivity contribution in [3.63, 3.8) is 0 Å². The molecular formula is C17H22F2N4O3. The van der Waals surface area contributed by atoms with Crippen LogP contribution >= 0.6 is 0 Å². The minimum absolute atomic E-state index is 0.183. The molecule has 3 amide bonds. The van der Waals surface area contributed by atoms with Crippen molar-refractivity contribution in [2.24, 2.45) is 5.92 Å². The number of amides is 3. The molecule has 9 heteroatoms. The van der Waals surface area contributed by atoms with Crippen LogP contribution in [0.1, 0.15) is 19.3 Å². The summed E-state index contributed by atoms with van der Waals surface area (Å²) in [6.07, 6.45) is 1.80. The lowest BCUT2D eigenvalue weighted by Gasteiger charge is -2.19. The minimum Gasteiger partial charge on any atom is -0.371 e. The molecule has 26 heavy (non-hydrogen) atoms. The van der Waals surface area contributed by atoms with Crippen molar-refractivity contribution in [1.29, 1.82) is 0 Å². The molecule has 3 N–H and O–H groups in total. The van der Waals surface area contributed by atoms with Gasteiger partial charge in [-0.05, 0) is 37.3 Å². The summed E-state index contributed by atoms with van der Waals surface area (Å²) in [4.78, 5) is 25.4. The lowest BCUT2D eigenvalue weighted by atomic mass is 10.1. The highest BCUT2D eigenvalue weighted by Crippen LogP contribution is 2.24. The van der Waals surface area contributed by atoms with Gasteiger partial charge in [-0.3, -0.25) is 10.2 Å². The zero-order valence-corrected chi connectivity index (χ0v) is 14.3. The van der Waals surface area contributed by atoms with E-state index in [2.05, 4.69) is 16.2 Å². The first-order chi connectivity index (χ1) is 12.5. The normalized spacial score (nSPS) is 22.3. The number of carbonyl (C=O) groups excluding carboxylic acids is 2. The Hall–Kier alpha value is -2.42. The first-order valence-electron chi connectivity index (χ1n) is 8.68. The van der Waals surface area contributed by atoms with E-state index in [-0.39, 0.29) is 11.8 Å². The van der Waals surface area contributed by atoms with Crippen LogP contribution < -0.4 is 21.1 Å². The highest BCUT2D eigenvalue weighted by molar-refractivity contribution is 5.84. The number of carbonyl (C=O) groups is 2. The highest BCUT2D eigenvalue weighted by Gasteiger charge is 2.25. The van der Waals surface area contributed by atoms with Crippen LogP contribution in [0.4, 0.5) is 19.3 Å². The fourth-order valence-corrected chi connectivity index (χ4v) is 3.18. The smallest absolute Gasteiger partial charge is 0.333 e. The highest BCUT2D eigenvalue weighted by atomic mass is 19.2. The van der Waals surface area contributed by atoms with E-state index in [1.54, 1.807) is 6.07 Å². The van der Waals surface area contributed by atoms with Crippen LogP contribution in [0.25, 0.3) is 0 Å². The lowest BCUT2D eigenvalue weighted by molar-refractivity contribution is -0.130. The predicted octanol–water partition coefficient (Wildman–Crippen LogP) is 1.30. The number of benzene rings is 1. The predicted molar refractivity (Wildman–Crippen MR) is 90.3 cm³/mol. The molecule has 2 fully saturated rings. The molecule has 0 saturated carbocycles. The second kappa shape index (κ2) is 8.31. The Labute approximate surface area is 150 Å². The van der Waals surface area contributed by atoms with E-state index in [0.717, 1.165) is 18.9 Å². The molecule has 2 aliphatic heterocycles. The van der Waals surface area contributed by atoms with E-state index in [1.807, 2.05) is 4.90 Å². The molecule has 1 aromatic rings. The maximum absolute atomic E-state index is 13.3. The van der Waals surface area contributed by atoms with Crippen LogP contribution in [0, 0.1) is 17.6 Å². The molecular weight excluding hydrogens is 346 g/mol. The van der Waals surface area contributed by atoms with E-state index < -0.39 is 23.8 Å². The van der Waals surface area contributed by atoms with Gasteiger partial charge in [0.2, 0.25) is 0 Å². The van der Waals surface area contributed by atoms with Crippen molar-refractivity contribution >= 4 is 17.6 Å². The first kappa shape index (κ1) is 18.4. The number of nitrogens with one attached hydrogen (secondary N) is 3. The summed E-state index contributed by atoms with van der Waals surface area (Å²) in [6.45, 7) is 2.31. The van der Waals surface area contributed by atoms with E-state index in [1.165, 1.54) is 6.07 Å². The van der Waals surface area contributed by atoms with E-state index in [9.17, 15) is 18.4 Å². The first-order valence-corrected chi connectivity index (χ1v) is 8.68. The van der Waals surface area contributed by atoms with E-state index in [4.69, 9.17) is 4.74 Å². The third-order valence-corrected chi connectivity index (χ3v) is 4.63. The number of ether oxygens (including phenoxy) is 1. The quantitative estimate of drug-likeness (QED) is 0.700. The molecule has 1 aromatic carbocycles. The van der Waals surface area contributed by atoms with E-state index in [0.29, 0.717) is 38.3 Å². The number of halogens is 2. The van der Waals surface area contributed by atoms with Crippen LogP contribution in [0.3, 0.4) is 0 Å². The standard InChI is InChI=1S/C17H22F2N4O3/c18-13-4-3-12(8-14(13)19)23-6-5-11(10-23)9-20-17(25)22-21-16(24)15-2-1-7-26-15/h3-4,8,11,15H,1-2,5-7,9-10H2,(H,21,24)(H2,20,22,25). The molecule has 3 rings (SSSR count). The summed E-state index contributed by atoms with van der Waals surface area (Å²) in [6, 6.07) is 3.34. The Morgan fingerprint density at radius 2 is 2.04 bits per heavy atom. The Balaban J connectivity index is 1.37. The van der Waals surface area contributed by atoms with Gasteiger partial charge in [0.15, 0.2) is 11.6 Å². The molecule has 142 valence electrons. The summed E-state index contributed by atoms with van der Waals surface area (Å²) in [5.74, 6) is -1.91. The number of anilines is 1. The van der Waals surface area contributed by atoms with Gasteiger partial charge < -0.3 is 15.0 Å². The van der Waals surface area contributed by atoms with Crippen molar-refractivity contribution in [3.8, 4) is 0 Å². The molecule has 7 nitrogen and oxygen atoms in total. The molecule has 2 saturated heterocycles. The van der Waals surface area contributed by atoms with Gasteiger partial charge in [0.05, 0.1) is 0 Å². The third-order valence-electron chi connectivity index (χ3n) is 4.63. The molecule has 0 spiro atoms. The van der Waals surface area contributed by atoms with Gasteiger partial charge in [0.1, 0.15) is 6.10 Å². The van der Waals surface area contributed by atoms with Gasteiger partial charge in [0.25, 0.3) is 5.91 Å². The van der Waals surface area contributed by atoms with Gasteiger partial charge in [-0.15, -0.1) is 0 Å². The Bertz CT molecular complexity index is 667. The van der Waals surface area contributed by atoms with Gasteiger partial charge in [0, 0.05) is 38.0 Å². The number of hydrogen-bond acceptors (Lipinski definition) is 4. The number of urea groups is 1. The number of hydrogen-bond donors (Lipinski definition) is 3. The minimum atomic E-state index is -0.870. The Morgan fingerprint density at radius 3 is 2.77 bits per heavy atom. The van der Waals surface area contributed by atoms with Gasteiger partial charge in [-0.1, -0.05) is 0 Å².